The molecule has 0 aliphatic carbocycles. The lowest BCUT2D eigenvalue weighted by Gasteiger charge is -2.05. The molecule has 0 spiro atoms. The van der Waals surface area contributed by atoms with Gasteiger partial charge in [-0.25, -0.2) is 4.39 Å². The summed E-state index contributed by atoms with van der Waals surface area (Å²) in [6.07, 6.45) is 4.97. The zero-order valence-corrected chi connectivity index (χ0v) is 11.5. The van der Waals surface area contributed by atoms with Crippen LogP contribution in [0.3, 0.4) is 0 Å². The Hall–Kier alpha value is -1.61. The first-order valence-electron chi connectivity index (χ1n) is 6.23. The lowest BCUT2D eigenvalue weighted by atomic mass is 10.1. The standard InChI is InChI=1S/C15H15ClFNO/c1-2-3-15(19)11-6-7-18(9-11)10-12-8-13(17)4-5-14(12)16/h4-9H,2-3,10H2,1H3. The molecule has 0 atom stereocenters. The summed E-state index contributed by atoms with van der Waals surface area (Å²) in [7, 11) is 0. The van der Waals surface area contributed by atoms with Crippen molar-refractivity contribution in [2.45, 2.75) is 26.3 Å². The number of carbonyl (C=O) groups excluding carboxylic acids is 1. The molecule has 0 aliphatic rings. The van der Waals surface area contributed by atoms with Gasteiger partial charge in [0.1, 0.15) is 5.82 Å². The summed E-state index contributed by atoms with van der Waals surface area (Å²) in [5.74, 6) is -0.180. The Morgan fingerprint density at radius 2 is 2.16 bits per heavy atom. The van der Waals surface area contributed by atoms with E-state index in [4.69, 9.17) is 11.6 Å². The van der Waals surface area contributed by atoms with Crippen LogP contribution in [0.4, 0.5) is 4.39 Å². The number of benzene rings is 1. The summed E-state index contributed by atoms with van der Waals surface area (Å²) in [6, 6.07) is 6.07. The van der Waals surface area contributed by atoms with Crippen molar-refractivity contribution in [1.29, 1.82) is 0 Å². The molecule has 2 rings (SSSR count). The number of aromatic nitrogens is 1. The van der Waals surface area contributed by atoms with Crippen molar-refractivity contribution in [2.75, 3.05) is 0 Å². The highest BCUT2D eigenvalue weighted by Gasteiger charge is 2.08. The van der Waals surface area contributed by atoms with Gasteiger partial charge in [0.25, 0.3) is 0 Å². The molecule has 0 radical (unpaired) electrons. The Labute approximate surface area is 116 Å². The fourth-order valence-electron chi connectivity index (χ4n) is 1.94. The van der Waals surface area contributed by atoms with E-state index in [0.29, 0.717) is 29.1 Å². The van der Waals surface area contributed by atoms with Crippen LogP contribution in [0.1, 0.15) is 35.7 Å². The maximum atomic E-state index is 13.2. The molecule has 0 saturated heterocycles. The average Bonchev–Trinajstić information content (AvgIpc) is 2.83. The van der Waals surface area contributed by atoms with Gasteiger partial charge < -0.3 is 4.57 Å². The fraction of sp³-hybridized carbons (Fsp3) is 0.267. The first kappa shape index (κ1) is 13.8. The molecule has 2 aromatic rings. The zero-order chi connectivity index (χ0) is 13.8. The molecular formula is C15H15ClFNO. The van der Waals surface area contributed by atoms with Gasteiger partial charge in [0.15, 0.2) is 5.78 Å². The second-order valence-corrected chi connectivity index (χ2v) is 4.89. The molecule has 0 N–H and O–H groups in total. The fourth-order valence-corrected chi connectivity index (χ4v) is 2.11. The number of carbonyl (C=O) groups is 1. The van der Waals surface area contributed by atoms with E-state index in [-0.39, 0.29) is 11.6 Å². The maximum Gasteiger partial charge on any atom is 0.164 e. The van der Waals surface area contributed by atoms with E-state index in [1.54, 1.807) is 18.3 Å². The number of hydrogen-bond donors (Lipinski definition) is 0. The van der Waals surface area contributed by atoms with Crippen molar-refractivity contribution in [3.63, 3.8) is 0 Å². The van der Waals surface area contributed by atoms with Crippen molar-refractivity contribution in [3.8, 4) is 0 Å². The van der Waals surface area contributed by atoms with Gasteiger partial charge in [-0.2, -0.15) is 0 Å². The smallest absolute Gasteiger partial charge is 0.164 e. The summed E-state index contributed by atoms with van der Waals surface area (Å²) in [4.78, 5) is 11.7. The van der Waals surface area contributed by atoms with Crippen LogP contribution in [-0.4, -0.2) is 10.4 Å². The maximum absolute atomic E-state index is 13.2. The molecule has 100 valence electrons. The highest BCUT2D eigenvalue weighted by Crippen LogP contribution is 2.19. The lowest BCUT2D eigenvalue weighted by Crippen LogP contribution is -2.00. The molecular weight excluding hydrogens is 265 g/mol. The van der Waals surface area contributed by atoms with E-state index >= 15 is 0 Å². The van der Waals surface area contributed by atoms with Crippen molar-refractivity contribution >= 4 is 17.4 Å². The number of hydrogen-bond acceptors (Lipinski definition) is 1. The number of halogens is 2. The Kier molecular flexibility index (Phi) is 4.38. The minimum atomic E-state index is -0.311. The molecule has 0 bridgehead atoms. The van der Waals surface area contributed by atoms with Gasteiger partial charge in [0.05, 0.1) is 0 Å². The molecule has 0 fully saturated rings. The molecule has 0 aliphatic heterocycles. The molecule has 0 saturated carbocycles. The van der Waals surface area contributed by atoms with Gasteiger partial charge in [-0.05, 0) is 36.2 Å². The van der Waals surface area contributed by atoms with E-state index in [2.05, 4.69) is 0 Å². The SMILES string of the molecule is CCCC(=O)c1ccn(Cc2cc(F)ccc2Cl)c1. The van der Waals surface area contributed by atoms with Gasteiger partial charge >= 0.3 is 0 Å². The van der Waals surface area contributed by atoms with Gasteiger partial charge in [-0.15, -0.1) is 0 Å². The number of rotatable bonds is 5. The van der Waals surface area contributed by atoms with Crippen LogP contribution >= 0.6 is 11.6 Å². The van der Waals surface area contributed by atoms with Crippen molar-refractivity contribution in [3.05, 3.63) is 58.6 Å². The average molecular weight is 280 g/mol. The highest BCUT2D eigenvalue weighted by molar-refractivity contribution is 6.31. The molecule has 19 heavy (non-hydrogen) atoms. The second-order valence-electron chi connectivity index (χ2n) is 4.48. The molecule has 0 unspecified atom stereocenters. The van der Waals surface area contributed by atoms with Gasteiger partial charge in [0, 0.05) is 35.9 Å². The number of ketones is 1. The van der Waals surface area contributed by atoms with Crippen molar-refractivity contribution in [2.24, 2.45) is 0 Å². The molecule has 1 heterocycles. The van der Waals surface area contributed by atoms with Crippen LogP contribution in [-0.2, 0) is 6.54 Å². The van der Waals surface area contributed by atoms with Gasteiger partial charge in [-0.3, -0.25) is 4.79 Å². The van der Waals surface area contributed by atoms with Crippen LogP contribution in [0.5, 0.6) is 0 Å². The van der Waals surface area contributed by atoms with Crippen LogP contribution in [0.25, 0.3) is 0 Å². The first-order valence-corrected chi connectivity index (χ1v) is 6.61. The van der Waals surface area contributed by atoms with E-state index < -0.39 is 0 Å². The van der Waals surface area contributed by atoms with E-state index in [9.17, 15) is 9.18 Å². The number of nitrogens with zero attached hydrogens (tertiary/aromatic N) is 1. The first-order chi connectivity index (χ1) is 9.10. The third-order valence-electron chi connectivity index (χ3n) is 2.91. The van der Waals surface area contributed by atoms with Crippen LogP contribution in [0.15, 0.2) is 36.7 Å². The molecule has 1 aromatic carbocycles. The van der Waals surface area contributed by atoms with Gasteiger partial charge in [0.2, 0.25) is 0 Å². The summed E-state index contributed by atoms with van der Waals surface area (Å²) in [5, 5.41) is 0.525. The van der Waals surface area contributed by atoms with Crippen LogP contribution < -0.4 is 0 Å². The molecule has 0 amide bonds. The van der Waals surface area contributed by atoms with E-state index in [1.807, 2.05) is 17.7 Å². The largest absolute Gasteiger partial charge is 0.349 e. The molecule has 4 heteroatoms. The minimum Gasteiger partial charge on any atom is -0.349 e. The summed E-state index contributed by atoms with van der Waals surface area (Å²) < 4.78 is 15.0. The molecule has 2 nitrogen and oxygen atoms in total. The third-order valence-corrected chi connectivity index (χ3v) is 3.28. The Morgan fingerprint density at radius 3 is 2.89 bits per heavy atom. The van der Waals surface area contributed by atoms with Crippen LogP contribution in [0, 0.1) is 5.82 Å². The monoisotopic (exact) mass is 279 g/mol. The topological polar surface area (TPSA) is 22.0 Å². The summed E-state index contributed by atoms with van der Waals surface area (Å²) in [6.45, 7) is 2.43. The lowest BCUT2D eigenvalue weighted by molar-refractivity contribution is 0.0981. The van der Waals surface area contributed by atoms with Crippen molar-refractivity contribution < 1.29 is 9.18 Å². The Bertz CT molecular complexity index is 592. The van der Waals surface area contributed by atoms with Gasteiger partial charge in [-0.1, -0.05) is 18.5 Å². The summed E-state index contributed by atoms with van der Waals surface area (Å²) in [5.41, 5.74) is 1.39. The predicted octanol–water partition coefficient (Wildman–Crippen LogP) is 4.31. The number of Topliss-reactive ketones (excluding diaryl/α,β-unsaturated/α-hetero) is 1. The second kappa shape index (κ2) is 6.02. The minimum absolute atomic E-state index is 0.131. The van der Waals surface area contributed by atoms with Crippen molar-refractivity contribution in [1.82, 2.24) is 4.57 Å². The quantitative estimate of drug-likeness (QED) is 0.748. The van der Waals surface area contributed by atoms with Crippen LogP contribution in [0.2, 0.25) is 5.02 Å². The van der Waals surface area contributed by atoms with E-state index in [1.165, 1.54) is 12.1 Å². The third kappa shape index (κ3) is 3.44. The Balaban J connectivity index is 2.15. The zero-order valence-electron chi connectivity index (χ0n) is 10.7. The highest BCUT2D eigenvalue weighted by atomic mass is 35.5. The normalized spacial score (nSPS) is 10.7. The predicted molar refractivity (Wildman–Crippen MR) is 74.2 cm³/mol. The van der Waals surface area contributed by atoms with E-state index in [0.717, 1.165) is 6.42 Å². The molecule has 1 aromatic heterocycles. The summed E-state index contributed by atoms with van der Waals surface area (Å²) >= 11 is 6.02. The Morgan fingerprint density at radius 1 is 1.37 bits per heavy atom.